The van der Waals surface area contributed by atoms with Gasteiger partial charge in [0, 0.05) is 13.1 Å². The number of nitriles is 1. The third-order valence-corrected chi connectivity index (χ3v) is 1.70. The van der Waals surface area contributed by atoms with E-state index < -0.39 is 5.97 Å². The predicted molar refractivity (Wildman–Crippen MR) is 52.4 cm³/mol. The molecule has 0 aliphatic carbocycles. The molecule has 0 bridgehead atoms. The van der Waals surface area contributed by atoms with Crippen molar-refractivity contribution in [3.8, 4) is 6.07 Å². The highest BCUT2D eigenvalue weighted by Crippen LogP contribution is 2.09. The van der Waals surface area contributed by atoms with Gasteiger partial charge in [-0.15, -0.1) is 0 Å². The van der Waals surface area contributed by atoms with Crippen molar-refractivity contribution < 1.29 is 9.90 Å². The van der Waals surface area contributed by atoms with Gasteiger partial charge in [-0.1, -0.05) is 0 Å². The number of hydrogen-bond donors (Lipinski definition) is 1. The zero-order chi connectivity index (χ0) is 11.4. The smallest absolute Gasteiger partial charge is 0.323 e. The fraction of sp³-hybridized carbons (Fsp3) is 0.333. The number of hydrogen-bond acceptors (Lipinski definition) is 5. The van der Waals surface area contributed by atoms with Gasteiger partial charge < -0.3 is 10.0 Å². The summed E-state index contributed by atoms with van der Waals surface area (Å²) in [5.74, 6) is -0.0741. The molecule has 0 atom stereocenters. The second kappa shape index (κ2) is 4.37. The zero-order valence-corrected chi connectivity index (χ0v) is 8.43. The summed E-state index contributed by atoms with van der Waals surface area (Å²) in [4.78, 5) is 19.8. The highest BCUT2D eigenvalue weighted by atomic mass is 16.4. The van der Waals surface area contributed by atoms with E-state index in [9.17, 15) is 4.79 Å². The molecule has 1 rings (SSSR count). The first kappa shape index (κ1) is 10.9. The number of carboxylic acids is 1. The summed E-state index contributed by atoms with van der Waals surface area (Å²) in [6.45, 7) is 1.49. The van der Waals surface area contributed by atoms with Crippen molar-refractivity contribution in [1.29, 1.82) is 5.26 Å². The fourth-order valence-corrected chi connectivity index (χ4v) is 1.09. The molecule has 0 saturated heterocycles. The number of aryl methyl sites for hydroxylation is 1. The average Bonchev–Trinajstić information content (AvgIpc) is 2.15. The Kier molecular flexibility index (Phi) is 3.18. The Morgan fingerprint density at radius 3 is 2.87 bits per heavy atom. The van der Waals surface area contributed by atoms with Crippen molar-refractivity contribution >= 4 is 11.8 Å². The summed E-state index contributed by atoms with van der Waals surface area (Å²) in [6.07, 6.45) is 0. The SMILES string of the molecule is Cc1nc(C#N)cc(N(C)CC(=O)O)n1. The summed E-state index contributed by atoms with van der Waals surface area (Å²) in [6, 6.07) is 3.35. The van der Waals surface area contributed by atoms with Crippen molar-refractivity contribution in [3.63, 3.8) is 0 Å². The first-order valence-electron chi connectivity index (χ1n) is 4.21. The minimum atomic E-state index is -0.952. The van der Waals surface area contributed by atoms with Gasteiger partial charge in [0.25, 0.3) is 0 Å². The number of rotatable bonds is 3. The van der Waals surface area contributed by atoms with E-state index in [1.54, 1.807) is 14.0 Å². The summed E-state index contributed by atoms with van der Waals surface area (Å²) >= 11 is 0. The maximum absolute atomic E-state index is 10.5. The lowest BCUT2D eigenvalue weighted by Gasteiger charge is -2.15. The van der Waals surface area contributed by atoms with Crippen LogP contribution in [0.5, 0.6) is 0 Å². The van der Waals surface area contributed by atoms with E-state index in [1.807, 2.05) is 6.07 Å². The van der Waals surface area contributed by atoms with Crippen LogP contribution in [0.3, 0.4) is 0 Å². The van der Waals surface area contributed by atoms with Crippen molar-refractivity contribution in [2.24, 2.45) is 0 Å². The van der Waals surface area contributed by atoms with Gasteiger partial charge in [0.1, 0.15) is 30.0 Å². The number of carboxylic acid groups (broad SMARTS) is 1. The molecule has 0 unspecified atom stereocenters. The standard InChI is InChI=1S/C9H10N4O2/c1-6-11-7(4-10)3-8(12-6)13(2)5-9(14)15/h3H,5H2,1-2H3,(H,14,15). The summed E-state index contributed by atoms with van der Waals surface area (Å²) in [7, 11) is 1.59. The number of anilines is 1. The van der Waals surface area contributed by atoms with Gasteiger partial charge in [-0.3, -0.25) is 4.79 Å². The first-order valence-corrected chi connectivity index (χ1v) is 4.21. The minimum Gasteiger partial charge on any atom is -0.480 e. The lowest BCUT2D eigenvalue weighted by atomic mass is 10.4. The average molecular weight is 206 g/mol. The van der Waals surface area contributed by atoms with E-state index in [-0.39, 0.29) is 12.2 Å². The number of carbonyl (C=O) groups is 1. The Bertz CT molecular complexity index is 425. The van der Waals surface area contributed by atoms with Gasteiger partial charge in [-0.05, 0) is 6.92 Å². The van der Waals surface area contributed by atoms with Crippen LogP contribution in [-0.2, 0) is 4.79 Å². The molecule has 1 N–H and O–H groups in total. The number of aromatic nitrogens is 2. The molecule has 1 heterocycles. The quantitative estimate of drug-likeness (QED) is 0.758. The second-order valence-corrected chi connectivity index (χ2v) is 3.02. The molecule has 0 saturated carbocycles. The van der Waals surface area contributed by atoms with Gasteiger partial charge in [-0.25, -0.2) is 9.97 Å². The molecule has 1 aromatic heterocycles. The van der Waals surface area contributed by atoms with E-state index >= 15 is 0 Å². The van der Waals surface area contributed by atoms with Crippen LogP contribution in [0.2, 0.25) is 0 Å². The molecule has 0 aliphatic heterocycles. The number of nitrogens with zero attached hydrogens (tertiary/aromatic N) is 4. The predicted octanol–water partition coefficient (Wildman–Crippen LogP) is 0.177. The Labute approximate surface area is 86.8 Å². The minimum absolute atomic E-state index is 0.165. The van der Waals surface area contributed by atoms with Gasteiger partial charge in [0.2, 0.25) is 0 Å². The topological polar surface area (TPSA) is 90.1 Å². The summed E-state index contributed by atoms with van der Waals surface area (Å²) in [5, 5.41) is 17.3. The van der Waals surface area contributed by atoms with Crippen LogP contribution in [0, 0.1) is 18.3 Å². The normalized spacial score (nSPS) is 9.40. The molecule has 0 aliphatic rings. The van der Waals surface area contributed by atoms with E-state index in [0.717, 1.165) is 0 Å². The summed E-state index contributed by atoms with van der Waals surface area (Å²) in [5.41, 5.74) is 0.231. The Hall–Kier alpha value is -2.16. The lowest BCUT2D eigenvalue weighted by molar-refractivity contribution is -0.135. The zero-order valence-electron chi connectivity index (χ0n) is 8.43. The molecular weight excluding hydrogens is 196 g/mol. The van der Waals surface area contributed by atoms with Crippen LogP contribution >= 0.6 is 0 Å². The molecule has 6 nitrogen and oxygen atoms in total. The van der Waals surface area contributed by atoms with Gasteiger partial charge in [0.05, 0.1) is 0 Å². The van der Waals surface area contributed by atoms with Gasteiger partial charge in [-0.2, -0.15) is 5.26 Å². The van der Waals surface area contributed by atoms with Crippen LogP contribution in [-0.4, -0.2) is 34.6 Å². The molecule has 78 valence electrons. The molecule has 0 radical (unpaired) electrons. The van der Waals surface area contributed by atoms with E-state index in [4.69, 9.17) is 10.4 Å². The molecule has 0 fully saturated rings. The van der Waals surface area contributed by atoms with Crippen molar-refractivity contribution in [2.45, 2.75) is 6.92 Å². The second-order valence-electron chi connectivity index (χ2n) is 3.02. The van der Waals surface area contributed by atoms with Crippen LogP contribution in [0.25, 0.3) is 0 Å². The molecular formula is C9H10N4O2. The third kappa shape index (κ3) is 2.91. The largest absolute Gasteiger partial charge is 0.480 e. The van der Waals surface area contributed by atoms with E-state index in [0.29, 0.717) is 11.6 Å². The highest BCUT2D eigenvalue weighted by Gasteiger charge is 2.09. The molecule has 15 heavy (non-hydrogen) atoms. The van der Waals surface area contributed by atoms with Crippen LogP contribution in [0.4, 0.5) is 5.82 Å². The molecule has 0 spiro atoms. The van der Waals surface area contributed by atoms with Crippen molar-refractivity contribution in [3.05, 3.63) is 17.6 Å². The monoisotopic (exact) mass is 206 g/mol. The molecule has 0 amide bonds. The lowest BCUT2D eigenvalue weighted by Crippen LogP contribution is -2.26. The fourth-order valence-electron chi connectivity index (χ4n) is 1.09. The van der Waals surface area contributed by atoms with E-state index in [1.165, 1.54) is 11.0 Å². The third-order valence-electron chi connectivity index (χ3n) is 1.70. The van der Waals surface area contributed by atoms with Gasteiger partial charge in [0.15, 0.2) is 0 Å². The van der Waals surface area contributed by atoms with Crippen LogP contribution < -0.4 is 4.90 Å². The number of likely N-dealkylation sites (N-methyl/N-ethyl adjacent to an activating group) is 1. The molecule has 0 aromatic carbocycles. The van der Waals surface area contributed by atoms with Crippen molar-refractivity contribution in [2.75, 3.05) is 18.5 Å². The maximum atomic E-state index is 10.5. The summed E-state index contributed by atoms with van der Waals surface area (Å²) < 4.78 is 0. The van der Waals surface area contributed by atoms with E-state index in [2.05, 4.69) is 9.97 Å². The maximum Gasteiger partial charge on any atom is 0.323 e. The van der Waals surface area contributed by atoms with Gasteiger partial charge >= 0.3 is 5.97 Å². The van der Waals surface area contributed by atoms with Crippen molar-refractivity contribution in [1.82, 2.24) is 9.97 Å². The highest BCUT2D eigenvalue weighted by molar-refractivity contribution is 5.73. The van der Waals surface area contributed by atoms with Crippen LogP contribution in [0.15, 0.2) is 6.07 Å². The van der Waals surface area contributed by atoms with Crippen LogP contribution in [0.1, 0.15) is 11.5 Å². The molecule has 1 aromatic rings. The number of aliphatic carboxylic acids is 1. The molecule has 6 heteroatoms. The Morgan fingerprint density at radius 1 is 1.67 bits per heavy atom. The first-order chi connectivity index (χ1) is 7.02. The Balaban J connectivity index is 2.99. The Morgan fingerprint density at radius 2 is 2.33 bits per heavy atom.